The fraction of sp³-hybridized carbons (Fsp3) is 0.0588. The summed E-state index contributed by atoms with van der Waals surface area (Å²) in [5.74, 6) is -1.29. The van der Waals surface area contributed by atoms with Gasteiger partial charge in [0.15, 0.2) is 5.78 Å². The molecule has 0 atom stereocenters. The van der Waals surface area contributed by atoms with Crippen LogP contribution in [0, 0.1) is 5.82 Å². The van der Waals surface area contributed by atoms with E-state index in [9.17, 15) is 14.0 Å². The van der Waals surface area contributed by atoms with Gasteiger partial charge in [-0.2, -0.15) is 0 Å². The molecule has 2 aromatic carbocycles. The number of carbonyl (C=O) groups excluding carboxylic acids is 2. The van der Waals surface area contributed by atoms with Crippen molar-refractivity contribution in [1.82, 2.24) is 0 Å². The molecular weight excluding hydrogens is 307 g/mol. The lowest BCUT2D eigenvalue weighted by Gasteiger charge is -2.00. The molecule has 0 saturated heterocycles. The lowest BCUT2D eigenvalue weighted by molar-refractivity contribution is 0.0600. The van der Waals surface area contributed by atoms with Crippen LogP contribution in [-0.4, -0.2) is 18.9 Å². The Morgan fingerprint density at radius 2 is 1.73 bits per heavy atom. The second-order valence-corrected chi connectivity index (χ2v) is 4.85. The van der Waals surface area contributed by atoms with Crippen molar-refractivity contribution >= 4 is 29.4 Å². The molecule has 0 bridgehead atoms. The van der Waals surface area contributed by atoms with E-state index >= 15 is 0 Å². The number of halogens is 2. The second-order valence-electron chi connectivity index (χ2n) is 4.44. The van der Waals surface area contributed by atoms with Gasteiger partial charge < -0.3 is 4.74 Å². The zero-order valence-electron chi connectivity index (χ0n) is 11.7. The number of carbonyl (C=O) groups is 2. The highest BCUT2D eigenvalue weighted by atomic mass is 35.5. The van der Waals surface area contributed by atoms with E-state index in [0.29, 0.717) is 11.1 Å². The molecule has 0 aromatic heterocycles. The Labute approximate surface area is 132 Å². The smallest absolute Gasteiger partial charge is 0.337 e. The van der Waals surface area contributed by atoms with Crippen LogP contribution in [0.3, 0.4) is 0 Å². The quantitative estimate of drug-likeness (QED) is 0.483. The standard InChI is InChI=1S/C17H12ClFO3/c1-22-17(21)12-5-2-11(3-6-12)4-9-16(20)13-7-8-15(19)14(18)10-13/h2-10H,1H3/b9-4+. The number of ether oxygens (including phenoxy) is 1. The molecule has 0 saturated carbocycles. The van der Waals surface area contributed by atoms with Crippen molar-refractivity contribution in [3.63, 3.8) is 0 Å². The summed E-state index contributed by atoms with van der Waals surface area (Å²) in [4.78, 5) is 23.3. The average Bonchev–Trinajstić information content (AvgIpc) is 2.54. The molecule has 0 heterocycles. The van der Waals surface area contributed by atoms with Gasteiger partial charge in [0.2, 0.25) is 0 Å². The maximum absolute atomic E-state index is 13.0. The van der Waals surface area contributed by atoms with Crippen LogP contribution >= 0.6 is 11.6 Å². The molecule has 112 valence electrons. The summed E-state index contributed by atoms with van der Waals surface area (Å²) in [7, 11) is 1.31. The zero-order chi connectivity index (χ0) is 16.1. The Morgan fingerprint density at radius 3 is 2.32 bits per heavy atom. The second kappa shape index (κ2) is 7.00. The molecule has 22 heavy (non-hydrogen) atoms. The minimum absolute atomic E-state index is 0.0957. The summed E-state index contributed by atoms with van der Waals surface area (Å²) in [6.07, 6.45) is 2.96. The lowest BCUT2D eigenvalue weighted by atomic mass is 10.1. The van der Waals surface area contributed by atoms with E-state index in [1.807, 2.05) is 0 Å². The molecule has 0 aliphatic rings. The van der Waals surface area contributed by atoms with Gasteiger partial charge in [-0.05, 0) is 42.0 Å². The molecule has 5 heteroatoms. The highest BCUT2D eigenvalue weighted by Gasteiger charge is 2.06. The minimum atomic E-state index is -0.569. The van der Waals surface area contributed by atoms with Gasteiger partial charge in [0, 0.05) is 5.56 Å². The maximum atomic E-state index is 13.0. The third-order valence-electron chi connectivity index (χ3n) is 2.96. The zero-order valence-corrected chi connectivity index (χ0v) is 12.4. The fourth-order valence-corrected chi connectivity index (χ4v) is 1.95. The van der Waals surface area contributed by atoms with E-state index in [-0.39, 0.29) is 10.8 Å². The Kier molecular flexibility index (Phi) is 5.07. The van der Waals surface area contributed by atoms with E-state index in [0.717, 1.165) is 11.6 Å². The van der Waals surface area contributed by atoms with Crippen molar-refractivity contribution in [2.24, 2.45) is 0 Å². The van der Waals surface area contributed by atoms with E-state index in [1.165, 1.54) is 25.3 Å². The number of methoxy groups -OCH3 is 1. The molecule has 3 nitrogen and oxygen atoms in total. The summed E-state index contributed by atoms with van der Waals surface area (Å²) in [6.45, 7) is 0. The van der Waals surface area contributed by atoms with E-state index in [1.54, 1.807) is 30.3 Å². The summed E-state index contributed by atoms with van der Waals surface area (Å²) >= 11 is 5.64. The number of allylic oxidation sites excluding steroid dienone is 1. The molecule has 0 aliphatic heterocycles. The first kappa shape index (κ1) is 15.9. The molecule has 0 radical (unpaired) electrons. The first-order valence-electron chi connectivity index (χ1n) is 6.37. The summed E-state index contributed by atoms with van der Waals surface area (Å²) in [5, 5.41) is -0.0957. The first-order valence-corrected chi connectivity index (χ1v) is 6.75. The van der Waals surface area contributed by atoms with Crippen molar-refractivity contribution in [2.75, 3.05) is 7.11 Å². The Bertz CT molecular complexity index is 736. The number of rotatable bonds is 4. The first-order chi connectivity index (χ1) is 10.5. The predicted octanol–water partition coefficient (Wildman–Crippen LogP) is 4.16. The molecule has 0 spiro atoms. The Balaban J connectivity index is 2.12. The van der Waals surface area contributed by atoms with Crippen LogP contribution in [0.15, 0.2) is 48.5 Å². The molecule has 0 amide bonds. The Morgan fingerprint density at radius 1 is 1.09 bits per heavy atom. The van der Waals surface area contributed by atoms with Crippen LogP contribution < -0.4 is 0 Å². The van der Waals surface area contributed by atoms with Crippen molar-refractivity contribution in [2.45, 2.75) is 0 Å². The van der Waals surface area contributed by atoms with Crippen molar-refractivity contribution in [3.8, 4) is 0 Å². The highest BCUT2D eigenvalue weighted by molar-refractivity contribution is 6.31. The summed E-state index contributed by atoms with van der Waals surface area (Å²) in [5.41, 5.74) is 1.47. The van der Waals surface area contributed by atoms with Gasteiger partial charge in [-0.25, -0.2) is 9.18 Å². The van der Waals surface area contributed by atoms with Gasteiger partial charge >= 0.3 is 5.97 Å². The molecule has 0 unspecified atom stereocenters. The van der Waals surface area contributed by atoms with Crippen LogP contribution in [0.1, 0.15) is 26.3 Å². The maximum Gasteiger partial charge on any atom is 0.337 e. The molecular formula is C17H12ClFO3. The topological polar surface area (TPSA) is 43.4 Å². The number of benzene rings is 2. The third kappa shape index (κ3) is 3.80. The number of esters is 1. The van der Waals surface area contributed by atoms with Gasteiger partial charge in [-0.15, -0.1) is 0 Å². The molecule has 2 aromatic rings. The summed E-state index contributed by atoms with van der Waals surface area (Å²) < 4.78 is 17.6. The summed E-state index contributed by atoms with van der Waals surface area (Å²) in [6, 6.07) is 10.4. The van der Waals surface area contributed by atoms with Crippen molar-refractivity contribution < 1.29 is 18.7 Å². The van der Waals surface area contributed by atoms with Crippen LogP contribution in [-0.2, 0) is 4.74 Å². The van der Waals surface area contributed by atoms with Gasteiger partial charge in [-0.3, -0.25) is 4.79 Å². The number of hydrogen-bond acceptors (Lipinski definition) is 3. The predicted molar refractivity (Wildman–Crippen MR) is 82.6 cm³/mol. The van der Waals surface area contributed by atoms with E-state index in [4.69, 9.17) is 11.6 Å². The number of hydrogen-bond donors (Lipinski definition) is 0. The Hall–Kier alpha value is -2.46. The molecule has 0 aliphatic carbocycles. The average molecular weight is 319 g/mol. The molecule has 0 fully saturated rings. The largest absolute Gasteiger partial charge is 0.465 e. The third-order valence-corrected chi connectivity index (χ3v) is 3.25. The monoisotopic (exact) mass is 318 g/mol. The van der Waals surface area contributed by atoms with Crippen molar-refractivity contribution in [3.05, 3.63) is 76.1 Å². The van der Waals surface area contributed by atoms with E-state index in [2.05, 4.69) is 4.74 Å². The SMILES string of the molecule is COC(=O)c1ccc(/C=C/C(=O)c2ccc(F)c(Cl)c2)cc1. The van der Waals surface area contributed by atoms with Gasteiger partial charge in [0.25, 0.3) is 0 Å². The van der Waals surface area contributed by atoms with Crippen LogP contribution in [0.25, 0.3) is 6.08 Å². The number of ketones is 1. The van der Waals surface area contributed by atoms with Crippen molar-refractivity contribution in [1.29, 1.82) is 0 Å². The van der Waals surface area contributed by atoms with Gasteiger partial charge in [-0.1, -0.05) is 29.8 Å². The fourth-order valence-electron chi connectivity index (χ4n) is 1.77. The minimum Gasteiger partial charge on any atom is -0.465 e. The molecule has 0 N–H and O–H groups in total. The molecule has 2 rings (SSSR count). The normalized spacial score (nSPS) is 10.7. The van der Waals surface area contributed by atoms with Gasteiger partial charge in [0.1, 0.15) is 5.82 Å². The lowest BCUT2D eigenvalue weighted by Crippen LogP contribution is -2.00. The highest BCUT2D eigenvalue weighted by Crippen LogP contribution is 2.17. The van der Waals surface area contributed by atoms with Crippen LogP contribution in [0.2, 0.25) is 5.02 Å². The van der Waals surface area contributed by atoms with E-state index < -0.39 is 11.8 Å². The van der Waals surface area contributed by atoms with Crippen LogP contribution in [0.5, 0.6) is 0 Å². The van der Waals surface area contributed by atoms with Gasteiger partial charge in [0.05, 0.1) is 17.7 Å². The van der Waals surface area contributed by atoms with Crippen LogP contribution in [0.4, 0.5) is 4.39 Å².